The van der Waals surface area contributed by atoms with Crippen LogP contribution < -0.4 is 9.80 Å². The third-order valence-electron chi connectivity index (χ3n) is 5.75. The van der Waals surface area contributed by atoms with Gasteiger partial charge in [-0.25, -0.2) is 19.9 Å². The molecular formula is C20H26N6. The van der Waals surface area contributed by atoms with Crippen molar-refractivity contribution in [2.75, 3.05) is 22.9 Å². The van der Waals surface area contributed by atoms with E-state index in [-0.39, 0.29) is 0 Å². The molecule has 6 nitrogen and oxygen atoms in total. The van der Waals surface area contributed by atoms with Crippen LogP contribution in [0.1, 0.15) is 56.0 Å². The first kappa shape index (κ1) is 16.0. The molecule has 2 saturated carbocycles. The van der Waals surface area contributed by atoms with E-state index in [2.05, 4.69) is 43.8 Å². The summed E-state index contributed by atoms with van der Waals surface area (Å²) in [4.78, 5) is 23.1. The summed E-state index contributed by atoms with van der Waals surface area (Å²) in [5, 5.41) is 0. The van der Waals surface area contributed by atoms with E-state index in [9.17, 15) is 0 Å². The summed E-state index contributed by atoms with van der Waals surface area (Å²) in [5.74, 6) is 3.88. The third kappa shape index (κ3) is 3.24. The summed E-state index contributed by atoms with van der Waals surface area (Å²) < 4.78 is 0. The molecule has 5 rings (SSSR count). The number of anilines is 2. The lowest BCUT2D eigenvalue weighted by atomic mass is 10.0. The molecule has 3 heterocycles. The topological polar surface area (TPSA) is 58.0 Å². The number of aromatic nitrogens is 4. The van der Waals surface area contributed by atoms with Crippen molar-refractivity contribution < 1.29 is 0 Å². The fourth-order valence-corrected chi connectivity index (χ4v) is 4.10. The van der Waals surface area contributed by atoms with E-state index in [1.807, 2.05) is 6.20 Å². The van der Waals surface area contributed by atoms with Gasteiger partial charge in [0.15, 0.2) is 0 Å². The highest BCUT2D eigenvalue weighted by Gasteiger charge is 2.36. The minimum atomic E-state index is 0.569. The fraction of sp³-hybridized carbons (Fsp3) is 0.600. The van der Waals surface area contributed by atoms with Gasteiger partial charge in [0.2, 0.25) is 0 Å². The van der Waals surface area contributed by atoms with Gasteiger partial charge < -0.3 is 9.80 Å². The maximum atomic E-state index is 4.88. The number of aryl methyl sites for hydroxylation is 1. The smallest absolute Gasteiger partial charge is 0.134 e. The summed E-state index contributed by atoms with van der Waals surface area (Å²) in [6, 6.07) is 5.44. The second-order valence-electron chi connectivity index (χ2n) is 7.92. The zero-order chi connectivity index (χ0) is 17.5. The Morgan fingerprint density at radius 3 is 2.42 bits per heavy atom. The monoisotopic (exact) mass is 350 g/mol. The Bertz CT molecular complexity index is 763. The summed E-state index contributed by atoms with van der Waals surface area (Å²) in [7, 11) is 0. The second kappa shape index (κ2) is 6.49. The summed E-state index contributed by atoms with van der Waals surface area (Å²) in [6.45, 7) is 4.20. The van der Waals surface area contributed by atoms with Crippen LogP contribution in [0, 0.1) is 6.92 Å². The van der Waals surface area contributed by atoms with E-state index in [4.69, 9.17) is 4.98 Å². The molecule has 2 aromatic heterocycles. The van der Waals surface area contributed by atoms with Crippen LogP contribution in [0.25, 0.3) is 0 Å². The van der Waals surface area contributed by atoms with E-state index >= 15 is 0 Å². The van der Waals surface area contributed by atoms with Crippen LogP contribution in [0.5, 0.6) is 0 Å². The third-order valence-corrected chi connectivity index (χ3v) is 5.75. The number of piperidine rings is 1. The minimum absolute atomic E-state index is 0.569. The summed E-state index contributed by atoms with van der Waals surface area (Å²) >= 11 is 0. The molecule has 0 radical (unpaired) electrons. The van der Waals surface area contributed by atoms with Crippen LogP contribution in [0.15, 0.2) is 24.7 Å². The van der Waals surface area contributed by atoms with Crippen LogP contribution in [0.2, 0.25) is 0 Å². The molecule has 0 aromatic carbocycles. The van der Waals surface area contributed by atoms with Crippen molar-refractivity contribution in [2.24, 2.45) is 0 Å². The normalized spacial score (nSPS) is 21.0. The molecule has 2 aromatic rings. The lowest BCUT2D eigenvalue weighted by Crippen LogP contribution is -2.46. The molecule has 0 bridgehead atoms. The van der Waals surface area contributed by atoms with E-state index in [0.29, 0.717) is 18.0 Å². The molecular weight excluding hydrogens is 324 g/mol. The van der Waals surface area contributed by atoms with Gasteiger partial charge in [-0.05, 0) is 51.5 Å². The first-order chi connectivity index (χ1) is 12.8. The van der Waals surface area contributed by atoms with Gasteiger partial charge in [0.25, 0.3) is 0 Å². The highest BCUT2D eigenvalue weighted by atomic mass is 15.3. The molecule has 0 amide bonds. The van der Waals surface area contributed by atoms with Crippen molar-refractivity contribution in [1.29, 1.82) is 0 Å². The molecule has 0 atom stereocenters. The van der Waals surface area contributed by atoms with Crippen LogP contribution in [0.3, 0.4) is 0 Å². The highest BCUT2D eigenvalue weighted by molar-refractivity contribution is 5.44. The molecule has 0 N–H and O–H groups in total. The van der Waals surface area contributed by atoms with Gasteiger partial charge in [0.1, 0.15) is 23.8 Å². The van der Waals surface area contributed by atoms with Gasteiger partial charge in [-0.2, -0.15) is 0 Å². The van der Waals surface area contributed by atoms with Crippen LogP contribution in [-0.2, 0) is 0 Å². The van der Waals surface area contributed by atoms with E-state index in [1.54, 1.807) is 6.33 Å². The van der Waals surface area contributed by atoms with Crippen molar-refractivity contribution in [1.82, 2.24) is 19.9 Å². The fourth-order valence-electron chi connectivity index (χ4n) is 4.10. The van der Waals surface area contributed by atoms with Gasteiger partial charge in [-0.3, -0.25) is 0 Å². The predicted octanol–water partition coefficient (Wildman–Crippen LogP) is 3.09. The molecule has 2 aliphatic carbocycles. The quantitative estimate of drug-likeness (QED) is 0.826. The van der Waals surface area contributed by atoms with E-state index in [0.717, 1.165) is 49.1 Å². The zero-order valence-electron chi connectivity index (χ0n) is 15.4. The first-order valence-corrected chi connectivity index (χ1v) is 9.93. The minimum Gasteiger partial charge on any atom is -0.356 e. The van der Waals surface area contributed by atoms with Crippen LogP contribution in [0.4, 0.5) is 11.6 Å². The maximum absolute atomic E-state index is 4.88. The van der Waals surface area contributed by atoms with Gasteiger partial charge in [0, 0.05) is 49.0 Å². The van der Waals surface area contributed by atoms with Gasteiger partial charge in [0.05, 0.1) is 0 Å². The van der Waals surface area contributed by atoms with Crippen molar-refractivity contribution in [2.45, 2.75) is 63.5 Å². The Kier molecular flexibility index (Phi) is 3.98. The first-order valence-electron chi connectivity index (χ1n) is 9.93. The molecule has 0 spiro atoms. The van der Waals surface area contributed by atoms with Gasteiger partial charge in [-0.1, -0.05) is 0 Å². The largest absolute Gasteiger partial charge is 0.356 e. The molecule has 26 heavy (non-hydrogen) atoms. The average Bonchev–Trinajstić information content (AvgIpc) is 3.56. The Labute approximate surface area is 154 Å². The van der Waals surface area contributed by atoms with E-state index in [1.165, 1.54) is 25.7 Å². The SMILES string of the molecule is Cc1cc(N2CCC(N(c3ccncn3)C3CC3)CC2)nc(C2CC2)n1. The Morgan fingerprint density at radius 2 is 1.77 bits per heavy atom. The van der Waals surface area contributed by atoms with Gasteiger partial charge >= 0.3 is 0 Å². The average molecular weight is 350 g/mol. The number of nitrogens with zero attached hydrogens (tertiary/aromatic N) is 6. The van der Waals surface area contributed by atoms with Crippen molar-refractivity contribution in [3.05, 3.63) is 36.2 Å². The second-order valence-corrected chi connectivity index (χ2v) is 7.92. The summed E-state index contributed by atoms with van der Waals surface area (Å²) in [6.07, 6.45) is 10.9. The molecule has 3 fully saturated rings. The van der Waals surface area contributed by atoms with Crippen molar-refractivity contribution in [3.8, 4) is 0 Å². The number of hydrogen-bond donors (Lipinski definition) is 0. The lowest BCUT2D eigenvalue weighted by molar-refractivity contribution is 0.457. The molecule has 1 aliphatic heterocycles. The van der Waals surface area contributed by atoms with Crippen molar-refractivity contribution >= 4 is 11.6 Å². The Morgan fingerprint density at radius 1 is 1.00 bits per heavy atom. The Hall–Kier alpha value is -2.24. The maximum Gasteiger partial charge on any atom is 0.134 e. The van der Waals surface area contributed by atoms with Crippen LogP contribution >= 0.6 is 0 Å². The Balaban J connectivity index is 1.30. The predicted molar refractivity (Wildman–Crippen MR) is 102 cm³/mol. The van der Waals surface area contributed by atoms with Crippen LogP contribution in [-0.4, -0.2) is 45.1 Å². The van der Waals surface area contributed by atoms with Crippen molar-refractivity contribution in [3.63, 3.8) is 0 Å². The molecule has 3 aliphatic rings. The molecule has 1 saturated heterocycles. The molecule has 6 heteroatoms. The number of rotatable bonds is 5. The number of hydrogen-bond acceptors (Lipinski definition) is 6. The van der Waals surface area contributed by atoms with E-state index < -0.39 is 0 Å². The lowest BCUT2D eigenvalue weighted by Gasteiger charge is -2.40. The highest BCUT2D eigenvalue weighted by Crippen LogP contribution is 2.39. The molecule has 136 valence electrons. The summed E-state index contributed by atoms with van der Waals surface area (Å²) in [5.41, 5.74) is 1.10. The van der Waals surface area contributed by atoms with Gasteiger partial charge in [-0.15, -0.1) is 0 Å². The zero-order valence-corrected chi connectivity index (χ0v) is 15.4. The standard InChI is InChI=1S/C20H26N6/c1-14-12-19(24-20(23-14)15-2-3-15)25-10-7-17(8-11-25)26(16-4-5-16)18-6-9-21-13-22-18/h6,9,12-13,15-17H,2-5,7-8,10-11H2,1H3. The molecule has 0 unspecified atom stereocenters.